The third-order valence-corrected chi connectivity index (χ3v) is 5.88. The Labute approximate surface area is 208 Å². The number of ether oxygens (including phenoxy) is 4. The first-order chi connectivity index (χ1) is 17.1. The number of rotatable bonds is 12. The van der Waals surface area contributed by atoms with Gasteiger partial charge in [-0.15, -0.1) is 0 Å². The number of para-hydroxylation sites is 2. The van der Waals surface area contributed by atoms with Crippen molar-refractivity contribution in [1.82, 2.24) is 0 Å². The Balaban J connectivity index is 1.24. The molecule has 0 bridgehead atoms. The molecule has 0 amide bonds. The molecule has 0 N–H and O–H groups in total. The zero-order valence-corrected chi connectivity index (χ0v) is 20.4. The summed E-state index contributed by atoms with van der Waals surface area (Å²) in [6.45, 7) is 6.44. The van der Waals surface area contributed by atoms with Crippen LogP contribution in [0, 0.1) is 0 Å². The fourth-order valence-electron chi connectivity index (χ4n) is 3.77. The van der Waals surface area contributed by atoms with Gasteiger partial charge >= 0.3 is 0 Å². The molecule has 0 fully saturated rings. The lowest BCUT2D eigenvalue weighted by molar-refractivity contribution is 0.217. The molecule has 0 aliphatic carbocycles. The summed E-state index contributed by atoms with van der Waals surface area (Å²) in [5.41, 5.74) is 2.29. The predicted molar refractivity (Wildman–Crippen MR) is 140 cm³/mol. The van der Waals surface area contributed by atoms with E-state index in [1.807, 2.05) is 84.9 Å². The van der Waals surface area contributed by atoms with E-state index < -0.39 is 0 Å². The molecule has 0 aliphatic heterocycles. The van der Waals surface area contributed by atoms with Gasteiger partial charge in [0.25, 0.3) is 0 Å². The average Bonchev–Trinajstić information content (AvgIpc) is 2.91. The standard InChI is InChI=1S/C31H32O4/c1-31(2,25-13-17-29(18-14-25)34-23-21-32-27-9-5-3-6-10-27)26-15-19-30(20-16-26)35-24-22-33-28-11-7-4-8-12-28/h3-20H,21-24H2,1-2H3. The lowest BCUT2D eigenvalue weighted by atomic mass is 9.78. The second kappa shape index (κ2) is 12.0. The van der Waals surface area contributed by atoms with Crippen molar-refractivity contribution < 1.29 is 18.9 Å². The molecule has 4 heteroatoms. The highest BCUT2D eigenvalue weighted by atomic mass is 16.5. The van der Waals surface area contributed by atoms with Gasteiger partial charge in [-0.05, 0) is 59.7 Å². The summed E-state index contributed by atoms with van der Waals surface area (Å²) in [4.78, 5) is 0. The van der Waals surface area contributed by atoms with E-state index in [0.717, 1.165) is 23.0 Å². The van der Waals surface area contributed by atoms with Crippen LogP contribution in [0.25, 0.3) is 0 Å². The quantitative estimate of drug-likeness (QED) is 0.211. The highest BCUT2D eigenvalue weighted by Gasteiger charge is 2.23. The molecule has 4 nitrogen and oxygen atoms in total. The van der Waals surface area contributed by atoms with Crippen LogP contribution < -0.4 is 18.9 Å². The van der Waals surface area contributed by atoms with E-state index in [2.05, 4.69) is 38.1 Å². The largest absolute Gasteiger partial charge is 0.490 e. The van der Waals surface area contributed by atoms with Crippen molar-refractivity contribution in [1.29, 1.82) is 0 Å². The molecule has 4 rings (SSSR count). The smallest absolute Gasteiger partial charge is 0.122 e. The van der Waals surface area contributed by atoms with Gasteiger partial charge < -0.3 is 18.9 Å². The molecular weight excluding hydrogens is 436 g/mol. The summed E-state index contributed by atoms with van der Waals surface area (Å²) < 4.78 is 23.0. The lowest BCUT2D eigenvalue weighted by Gasteiger charge is -2.26. The summed E-state index contributed by atoms with van der Waals surface area (Å²) >= 11 is 0. The molecule has 0 unspecified atom stereocenters. The van der Waals surface area contributed by atoms with E-state index in [9.17, 15) is 0 Å². The van der Waals surface area contributed by atoms with Gasteiger partial charge in [0.2, 0.25) is 0 Å². The molecule has 0 saturated carbocycles. The van der Waals surface area contributed by atoms with Crippen LogP contribution in [0.4, 0.5) is 0 Å². The third-order valence-electron chi connectivity index (χ3n) is 5.88. The number of benzene rings is 4. The van der Waals surface area contributed by atoms with Crippen molar-refractivity contribution in [2.24, 2.45) is 0 Å². The molecule has 0 heterocycles. The van der Waals surface area contributed by atoms with Crippen LogP contribution in [0.15, 0.2) is 109 Å². The van der Waals surface area contributed by atoms with Crippen molar-refractivity contribution in [2.75, 3.05) is 26.4 Å². The lowest BCUT2D eigenvalue weighted by Crippen LogP contribution is -2.19. The first-order valence-corrected chi connectivity index (χ1v) is 11.9. The highest BCUT2D eigenvalue weighted by molar-refractivity contribution is 5.41. The summed E-state index contributed by atoms with van der Waals surface area (Å²) in [6, 6.07) is 36.1. The third kappa shape index (κ3) is 7.03. The Morgan fingerprint density at radius 1 is 0.400 bits per heavy atom. The van der Waals surface area contributed by atoms with E-state index in [4.69, 9.17) is 18.9 Å². The molecule has 0 atom stereocenters. The van der Waals surface area contributed by atoms with E-state index in [1.165, 1.54) is 11.1 Å². The van der Waals surface area contributed by atoms with Crippen molar-refractivity contribution in [3.05, 3.63) is 120 Å². The van der Waals surface area contributed by atoms with Gasteiger partial charge in [0.15, 0.2) is 0 Å². The van der Waals surface area contributed by atoms with E-state index in [1.54, 1.807) is 0 Å². The van der Waals surface area contributed by atoms with Crippen LogP contribution in [0.1, 0.15) is 25.0 Å². The summed E-state index contributed by atoms with van der Waals surface area (Å²) in [7, 11) is 0. The van der Waals surface area contributed by atoms with Gasteiger partial charge in [0.05, 0.1) is 0 Å². The van der Waals surface area contributed by atoms with E-state index in [-0.39, 0.29) is 5.41 Å². The van der Waals surface area contributed by atoms with E-state index >= 15 is 0 Å². The molecule has 4 aromatic carbocycles. The molecular formula is C31H32O4. The number of hydrogen-bond donors (Lipinski definition) is 0. The fraction of sp³-hybridized carbons (Fsp3) is 0.226. The minimum absolute atomic E-state index is 0.149. The van der Waals surface area contributed by atoms with Gasteiger partial charge in [-0.3, -0.25) is 0 Å². The second-order valence-corrected chi connectivity index (χ2v) is 8.69. The van der Waals surface area contributed by atoms with Gasteiger partial charge in [-0.2, -0.15) is 0 Å². The molecule has 0 aliphatic rings. The van der Waals surface area contributed by atoms with Crippen LogP contribution in [-0.2, 0) is 5.41 Å². The van der Waals surface area contributed by atoms with Gasteiger partial charge in [0, 0.05) is 5.41 Å². The monoisotopic (exact) mass is 468 g/mol. The molecule has 0 saturated heterocycles. The minimum Gasteiger partial charge on any atom is -0.490 e. The Morgan fingerprint density at radius 3 is 1.00 bits per heavy atom. The van der Waals surface area contributed by atoms with Crippen molar-refractivity contribution in [2.45, 2.75) is 19.3 Å². The zero-order chi connectivity index (χ0) is 24.3. The summed E-state index contributed by atoms with van der Waals surface area (Å²) in [6.07, 6.45) is 0. The molecule has 0 aromatic heterocycles. The average molecular weight is 469 g/mol. The summed E-state index contributed by atoms with van der Waals surface area (Å²) in [5, 5.41) is 0. The summed E-state index contributed by atoms with van der Waals surface area (Å²) in [5.74, 6) is 3.38. The Hall–Kier alpha value is -3.92. The van der Waals surface area contributed by atoms with Crippen LogP contribution >= 0.6 is 0 Å². The molecule has 0 radical (unpaired) electrons. The molecule has 35 heavy (non-hydrogen) atoms. The SMILES string of the molecule is CC(C)(c1ccc(OCCOc2ccccc2)cc1)c1ccc(OCCOc2ccccc2)cc1. The first kappa shape index (κ1) is 24.2. The van der Waals surface area contributed by atoms with Crippen LogP contribution in [-0.4, -0.2) is 26.4 Å². The molecule has 4 aromatic rings. The van der Waals surface area contributed by atoms with Crippen molar-refractivity contribution >= 4 is 0 Å². The van der Waals surface area contributed by atoms with Gasteiger partial charge in [0.1, 0.15) is 49.4 Å². The minimum atomic E-state index is -0.149. The first-order valence-electron chi connectivity index (χ1n) is 11.9. The van der Waals surface area contributed by atoms with E-state index in [0.29, 0.717) is 26.4 Å². The van der Waals surface area contributed by atoms with Gasteiger partial charge in [-0.25, -0.2) is 0 Å². The maximum Gasteiger partial charge on any atom is 0.122 e. The predicted octanol–water partition coefficient (Wildman–Crippen LogP) is 6.93. The van der Waals surface area contributed by atoms with Crippen molar-refractivity contribution in [3.63, 3.8) is 0 Å². The fourth-order valence-corrected chi connectivity index (χ4v) is 3.77. The van der Waals surface area contributed by atoms with Crippen LogP contribution in [0.5, 0.6) is 23.0 Å². The Morgan fingerprint density at radius 2 is 0.686 bits per heavy atom. The number of hydrogen-bond acceptors (Lipinski definition) is 4. The van der Waals surface area contributed by atoms with Crippen LogP contribution in [0.3, 0.4) is 0 Å². The topological polar surface area (TPSA) is 36.9 Å². The normalized spacial score (nSPS) is 11.0. The van der Waals surface area contributed by atoms with Gasteiger partial charge in [-0.1, -0.05) is 74.5 Å². The van der Waals surface area contributed by atoms with Crippen LogP contribution in [0.2, 0.25) is 0 Å². The maximum atomic E-state index is 5.84. The highest BCUT2D eigenvalue weighted by Crippen LogP contribution is 2.33. The molecule has 0 spiro atoms. The Kier molecular flexibility index (Phi) is 8.29. The Bertz CT molecular complexity index is 1050. The zero-order valence-electron chi connectivity index (χ0n) is 20.4. The second-order valence-electron chi connectivity index (χ2n) is 8.69. The van der Waals surface area contributed by atoms with Crippen molar-refractivity contribution in [3.8, 4) is 23.0 Å². The molecule has 180 valence electrons. The maximum absolute atomic E-state index is 5.84.